The molecule has 0 aliphatic heterocycles. The quantitative estimate of drug-likeness (QED) is 0.705. The highest BCUT2D eigenvalue weighted by Gasteiger charge is 2.23. The molecule has 1 amide bonds. The number of carbonyl (C=O) groups is 1. The van der Waals surface area contributed by atoms with E-state index in [1.54, 1.807) is 25.1 Å². The van der Waals surface area contributed by atoms with Crippen molar-refractivity contribution in [1.82, 2.24) is 4.31 Å². The van der Waals surface area contributed by atoms with Gasteiger partial charge in [0.15, 0.2) is 0 Å². The number of aryl methyl sites for hydroxylation is 2. The Hall–Kier alpha value is -2.58. The van der Waals surface area contributed by atoms with Gasteiger partial charge in [0.2, 0.25) is 15.9 Å². The summed E-state index contributed by atoms with van der Waals surface area (Å²) in [6.07, 6.45) is 0.0533. The molecule has 8 heteroatoms. The molecule has 2 aromatic carbocycles. The van der Waals surface area contributed by atoms with Crippen LogP contribution in [0.5, 0.6) is 5.75 Å². The largest absolute Gasteiger partial charge is 0.497 e. The lowest BCUT2D eigenvalue weighted by molar-refractivity contribution is -0.116. The van der Waals surface area contributed by atoms with Gasteiger partial charge in [-0.2, -0.15) is 0 Å². The summed E-state index contributed by atoms with van der Waals surface area (Å²) in [6.45, 7) is 3.74. The van der Waals surface area contributed by atoms with E-state index in [2.05, 4.69) is 10.6 Å². The van der Waals surface area contributed by atoms with E-state index in [4.69, 9.17) is 4.74 Å². The second-order valence-corrected chi connectivity index (χ2v) is 8.55. The van der Waals surface area contributed by atoms with E-state index in [1.165, 1.54) is 24.5 Å². The van der Waals surface area contributed by atoms with Crippen LogP contribution in [0.25, 0.3) is 0 Å². The number of amides is 1. The van der Waals surface area contributed by atoms with Gasteiger partial charge in [-0.3, -0.25) is 4.79 Å². The number of benzene rings is 2. The molecule has 0 spiro atoms. The second kappa shape index (κ2) is 9.07. The predicted octanol–water partition coefficient (Wildman–Crippen LogP) is 3.00. The van der Waals surface area contributed by atoms with E-state index in [0.29, 0.717) is 17.0 Å². The number of sulfonamides is 1. The molecule has 0 aliphatic rings. The molecule has 2 N–H and O–H groups in total. The molecule has 28 heavy (non-hydrogen) atoms. The van der Waals surface area contributed by atoms with Crippen LogP contribution >= 0.6 is 0 Å². The molecule has 0 unspecified atom stereocenters. The molecule has 0 aliphatic carbocycles. The van der Waals surface area contributed by atoms with E-state index >= 15 is 0 Å². The number of hydrogen-bond acceptors (Lipinski definition) is 5. The monoisotopic (exact) mass is 405 g/mol. The second-order valence-electron chi connectivity index (χ2n) is 6.54. The number of methoxy groups -OCH3 is 1. The molecule has 0 radical (unpaired) electrons. The summed E-state index contributed by atoms with van der Waals surface area (Å²) in [7, 11) is 1.14. The lowest BCUT2D eigenvalue weighted by Crippen LogP contribution is -2.30. The fourth-order valence-corrected chi connectivity index (χ4v) is 4.20. The first-order valence-corrected chi connectivity index (χ1v) is 10.3. The highest BCUT2D eigenvalue weighted by atomic mass is 32.2. The third-order valence-corrected chi connectivity index (χ3v) is 6.52. The fraction of sp³-hybridized carbons (Fsp3) is 0.350. The first-order chi connectivity index (χ1) is 13.2. The lowest BCUT2D eigenvalue weighted by atomic mass is 10.1. The first-order valence-electron chi connectivity index (χ1n) is 8.88. The third kappa shape index (κ3) is 5.02. The Labute approximate surface area is 166 Å². The zero-order valence-electron chi connectivity index (χ0n) is 16.9. The average molecular weight is 406 g/mol. The van der Waals surface area contributed by atoms with Gasteiger partial charge in [0.1, 0.15) is 5.75 Å². The smallest absolute Gasteiger partial charge is 0.243 e. The van der Waals surface area contributed by atoms with Crippen molar-refractivity contribution in [2.75, 3.05) is 38.4 Å². The SMILES string of the molecule is CNc1ccc(NC(=O)CCN(C)S(=O)(=O)c2ccc(OC)cc2C)cc1C. The summed E-state index contributed by atoms with van der Waals surface area (Å²) >= 11 is 0. The molecule has 0 saturated carbocycles. The van der Waals surface area contributed by atoms with E-state index in [1.807, 2.05) is 26.1 Å². The zero-order chi connectivity index (χ0) is 20.9. The van der Waals surface area contributed by atoms with Gasteiger partial charge in [-0.25, -0.2) is 12.7 Å². The summed E-state index contributed by atoms with van der Waals surface area (Å²) in [5.41, 5.74) is 3.27. The van der Waals surface area contributed by atoms with Crippen molar-refractivity contribution in [3.63, 3.8) is 0 Å². The van der Waals surface area contributed by atoms with Crippen LogP contribution in [0.1, 0.15) is 17.5 Å². The van der Waals surface area contributed by atoms with E-state index in [-0.39, 0.29) is 23.8 Å². The number of hydrogen-bond donors (Lipinski definition) is 2. The van der Waals surface area contributed by atoms with Gasteiger partial charge in [-0.05, 0) is 61.4 Å². The molecular formula is C20H27N3O4S. The Morgan fingerprint density at radius 3 is 2.39 bits per heavy atom. The minimum absolute atomic E-state index is 0.0533. The van der Waals surface area contributed by atoms with Crippen LogP contribution in [0.2, 0.25) is 0 Å². The maximum absolute atomic E-state index is 12.8. The highest BCUT2D eigenvalue weighted by molar-refractivity contribution is 7.89. The predicted molar refractivity (Wildman–Crippen MR) is 112 cm³/mol. The standard InChI is InChI=1S/C20H27N3O4S/c1-14-12-16(6-8-18(14)21-3)22-20(24)10-11-23(4)28(25,26)19-9-7-17(27-5)13-15(19)2/h6-9,12-13,21H,10-11H2,1-5H3,(H,22,24). The molecule has 0 bridgehead atoms. The minimum Gasteiger partial charge on any atom is -0.497 e. The van der Waals surface area contributed by atoms with Crippen molar-refractivity contribution in [3.8, 4) is 5.75 Å². The lowest BCUT2D eigenvalue weighted by Gasteiger charge is -2.19. The molecule has 2 rings (SSSR count). The van der Waals surface area contributed by atoms with Crippen molar-refractivity contribution < 1.29 is 17.9 Å². The molecular weight excluding hydrogens is 378 g/mol. The summed E-state index contributed by atoms with van der Waals surface area (Å²) < 4.78 is 31.9. The molecule has 152 valence electrons. The number of anilines is 2. The Kier molecular flexibility index (Phi) is 7.04. The van der Waals surface area contributed by atoms with Crippen LogP contribution in [0.15, 0.2) is 41.3 Å². The number of nitrogens with zero attached hydrogens (tertiary/aromatic N) is 1. The van der Waals surface area contributed by atoms with Crippen LogP contribution in [0, 0.1) is 13.8 Å². The van der Waals surface area contributed by atoms with Gasteiger partial charge in [0.25, 0.3) is 0 Å². The maximum atomic E-state index is 12.8. The summed E-state index contributed by atoms with van der Waals surface area (Å²) in [5.74, 6) is 0.350. The van der Waals surface area contributed by atoms with E-state index in [9.17, 15) is 13.2 Å². The van der Waals surface area contributed by atoms with Gasteiger partial charge >= 0.3 is 0 Å². The van der Waals surface area contributed by atoms with Crippen LogP contribution in [0.3, 0.4) is 0 Å². The van der Waals surface area contributed by atoms with Crippen LogP contribution < -0.4 is 15.4 Å². The maximum Gasteiger partial charge on any atom is 0.243 e. The fourth-order valence-electron chi connectivity index (χ4n) is 2.83. The minimum atomic E-state index is -3.69. The van der Waals surface area contributed by atoms with E-state index < -0.39 is 10.0 Å². The molecule has 0 atom stereocenters. The van der Waals surface area contributed by atoms with Crippen LogP contribution in [0.4, 0.5) is 11.4 Å². The summed E-state index contributed by atoms with van der Waals surface area (Å²) in [6, 6.07) is 10.4. The van der Waals surface area contributed by atoms with Crippen LogP contribution in [-0.4, -0.2) is 46.4 Å². The summed E-state index contributed by atoms with van der Waals surface area (Å²) in [5, 5.41) is 5.87. The molecule has 2 aromatic rings. The Morgan fingerprint density at radius 2 is 1.82 bits per heavy atom. The van der Waals surface area contributed by atoms with Gasteiger partial charge in [0.05, 0.1) is 12.0 Å². The Balaban J connectivity index is 2.01. The van der Waals surface area contributed by atoms with Gasteiger partial charge in [-0.15, -0.1) is 0 Å². The molecule has 0 fully saturated rings. The van der Waals surface area contributed by atoms with Gasteiger partial charge < -0.3 is 15.4 Å². The average Bonchev–Trinajstić information content (AvgIpc) is 2.65. The Bertz CT molecular complexity index is 958. The van der Waals surface area contributed by atoms with Crippen molar-refractivity contribution >= 4 is 27.3 Å². The van der Waals surface area contributed by atoms with Crippen molar-refractivity contribution in [1.29, 1.82) is 0 Å². The normalized spacial score (nSPS) is 11.4. The Morgan fingerprint density at radius 1 is 1.11 bits per heavy atom. The number of nitrogens with one attached hydrogen (secondary N) is 2. The topological polar surface area (TPSA) is 87.7 Å². The van der Waals surface area contributed by atoms with Gasteiger partial charge in [-0.1, -0.05) is 0 Å². The van der Waals surface area contributed by atoms with E-state index in [0.717, 1.165) is 11.3 Å². The van der Waals surface area contributed by atoms with Gasteiger partial charge in [0, 0.05) is 38.4 Å². The molecule has 0 heterocycles. The van der Waals surface area contributed by atoms with Crippen LogP contribution in [-0.2, 0) is 14.8 Å². The van der Waals surface area contributed by atoms with Crippen molar-refractivity contribution in [3.05, 3.63) is 47.5 Å². The molecule has 7 nitrogen and oxygen atoms in total. The van der Waals surface area contributed by atoms with Crippen molar-refractivity contribution in [2.24, 2.45) is 0 Å². The number of carbonyl (C=O) groups excluding carboxylic acids is 1. The summed E-state index contributed by atoms with van der Waals surface area (Å²) in [4.78, 5) is 12.4. The molecule has 0 aromatic heterocycles. The first kappa shape index (κ1) is 21.7. The zero-order valence-corrected chi connectivity index (χ0v) is 17.7. The third-order valence-electron chi connectivity index (χ3n) is 4.50. The molecule has 0 saturated heterocycles. The number of ether oxygens (including phenoxy) is 1. The number of rotatable bonds is 8. The highest BCUT2D eigenvalue weighted by Crippen LogP contribution is 2.24. The van der Waals surface area contributed by atoms with Crippen molar-refractivity contribution in [2.45, 2.75) is 25.2 Å².